The molecular weight excluding hydrogens is 292 g/mol. The fourth-order valence-corrected chi connectivity index (χ4v) is 2.44. The minimum atomic E-state index is -0.799. The van der Waals surface area contributed by atoms with Gasteiger partial charge in [-0.15, -0.1) is 0 Å². The lowest BCUT2D eigenvalue weighted by atomic mass is 10.1. The quantitative estimate of drug-likeness (QED) is 0.808. The summed E-state index contributed by atoms with van der Waals surface area (Å²) in [6.45, 7) is 5.47. The molecule has 0 atom stereocenters. The summed E-state index contributed by atoms with van der Waals surface area (Å²) in [6.07, 6.45) is 4.30. The van der Waals surface area contributed by atoms with Gasteiger partial charge in [0, 0.05) is 12.7 Å². The first-order valence-electron chi connectivity index (χ1n) is 7.70. The van der Waals surface area contributed by atoms with Crippen LogP contribution in [-0.2, 0) is 11.3 Å². The number of carbonyl (C=O) groups is 1. The van der Waals surface area contributed by atoms with Gasteiger partial charge < -0.3 is 9.84 Å². The molecular formula is C18H22N2O3. The molecule has 0 bridgehead atoms. The highest BCUT2D eigenvalue weighted by atomic mass is 16.5. The Balaban J connectivity index is 2.07. The number of aromatic nitrogens is 1. The molecule has 0 aliphatic heterocycles. The number of aliphatic carboxylic acids is 1. The standard InChI is InChI=1S/C18H22N2O3/c1-3-9-20(13-18(21)22)12-15-6-7-17(14(2)10-15)23-16-5-4-8-19-11-16/h4-8,10-11H,3,9,12-13H2,1-2H3,(H,21,22). The summed E-state index contributed by atoms with van der Waals surface area (Å²) in [4.78, 5) is 16.9. The van der Waals surface area contributed by atoms with Crippen molar-refractivity contribution in [3.05, 3.63) is 53.9 Å². The Morgan fingerprint density at radius 3 is 2.78 bits per heavy atom. The summed E-state index contributed by atoms with van der Waals surface area (Å²) in [7, 11) is 0. The number of pyridine rings is 1. The number of carboxylic acid groups (broad SMARTS) is 1. The Morgan fingerprint density at radius 1 is 1.35 bits per heavy atom. The van der Waals surface area contributed by atoms with E-state index in [2.05, 4.69) is 4.98 Å². The average Bonchev–Trinajstić information content (AvgIpc) is 2.51. The summed E-state index contributed by atoms with van der Waals surface area (Å²) in [5, 5.41) is 8.98. The molecule has 5 heteroatoms. The lowest BCUT2D eigenvalue weighted by molar-refractivity contribution is -0.138. The zero-order chi connectivity index (χ0) is 16.7. The van der Waals surface area contributed by atoms with Crippen molar-refractivity contribution >= 4 is 5.97 Å². The molecule has 122 valence electrons. The van der Waals surface area contributed by atoms with Crippen molar-refractivity contribution in [2.75, 3.05) is 13.1 Å². The van der Waals surface area contributed by atoms with Crippen LogP contribution in [0, 0.1) is 6.92 Å². The monoisotopic (exact) mass is 314 g/mol. The maximum absolute atomic E-state index is 10.9. The number of hydrogen-bond donors (Lipinski definition) is 1. The van der Waals surface area contributed by atoms with E-state index in [9.17, 15) is 4.79 Å². The van der Waals surface area contributed by atoms with Crippen LogP contribution >= 0.6 is 0 Å². The van der Waals surface area contributed by atoms with Crippen LogP contribution in [0.1, 0.15) is 24.5 Å². The molecule has 0 radical (unpaired) electrons. The first-order chi connectivity index (χ1) is 11.1. The van der Waals surface area contributed by atoms with Gasteiger partial charge in [0.15, 0.2) is 0 Å². The van der Waals surface area contributed by atoms with Gasteiger partial charge in [0.2, 0.25) is 0 Å². The van der Waals surface area contributed by atoms with Crippen molar-refractivity contribution in [2.45, 2.75) is 26.8 Å². The smallest absolute Gasteiger partial charge is 0.317 e. The van der Waals surface area contributed by atoms with Crippen molar-refractivity contribution in [1.82, 2.24) is 9.88 Å². The Hall–Kier alpha value is -2.40. The second-order valence-corrected chi connectivity index (χ2v) is 5.50. The third-order valence-electron chi connectivity index (χ3n) is 3.41. The average molecular weight is 314 g/mol. The predicted molar refractivity (Wildman–Crippen MR) is 88.7 cm³/mol. The van der Waals surface area contributed by atoms with Crippen molar-refractivity contribution < 1.29 is 14.6 Å². The molecule has 1 N–H and O–H groups in total. The van der Waals surface area contributed by atoms with Gasteiger partial charge in [-0.05, 0) is 49.2 Å². The van der Waals surface area contributed by atoms with E-state index >= 15 is 0 Å². The summed E-state index contributed by atoms with van der Waals surface area (Å²) < 4.78 is 5.81. The fraction of sp³-hybridized carbons (Fsp3) is 0.333. The fourth-order valence-electron chi connectivity index (χ4n) is 2.44. The zero-order valence-corrected chi connectivity index (χ0v) is 13.5. The number of aryl methyl sites for hydroxylation is 1. The van der Waals surface area contributed by atoms with Crippen molar-refractivity contribution in [1.29, 1.82) is 0 Å². The largest absolute Gasteiger partial charge is 0.480 e. The first-order valence-corrected chi connectivity index (χ1v) is 7.70. The van der Waals surface area contributed by atoms with E-state index < -0.39 is 5.97 Å². The Kier molecular flexibility index (Phi) is 6.11. The topological polar surface area (TPSA) is 62.7 Å². The van der Waals surface area contributed by atoms with Crippen LogP contribution in [0.3, 0.4) is 0 Å². The van der Waals surface area contributed by atoms with Gasteiger partial charge >= 0.3 is 5.97 Å². The molecule has 0 aliphatic carbocycles. The molecule has 5 nitrogen and oxygen atoms in total. The highest BCUT2D eigenvalue weighted by molar-refractivity contribution is 5.69. The van der Waals surface area contributed by atoms with E-state index in [-0.39, 0.29) is 6.54 Å². The third kappa shape index (κ3) is 5.38. The van der Waals surface area contributed by atoms with Gasteiger partial charge in [0.25, 0.3) is 0 Å². The highest BCUT2D eigenvalue weighted by Gasteiger charge is 2.10. The summed E-state index contributed by atoms with van der Waals surface area (Å²) in [6, 6.07) is 9.62. The molecule has 0 fully saturated rings. The predicted octanol–water partition coefficient (Wildman–Crippen LogP) is 3.48. The van der Waals surface area contributed by atoms with E-state index in [4.69, 9.17) is 9.84 Å². The summed E-state index contributed by atoms with van der Waals surface area (Å²) in [5.41, 5.74) is 2.09. The number of hydrogen-bond acceptors (Lipinski definition) is 4. The third-order valence-corrected chi connectivity index (χ3v) is 3.41. The van der Waals surface area contributed by atoms with Crippen LogP contribution in [0.5, 0.6) is 11.5 Å². The van der Waals surface area contributed by atoms with E-state index in [0.717, 1.165) is 29.8 Å². The molecule has 2 rings (SSSR count). The lowest BCUT2D eigenvalue weighted by Gasteiger charge is -2.20. The first kappa shape index (κ1) is 17.0. The van der Waals surface area contributed by atoms with Crippen LogP contribution < -0.4 is 4.74 Å². The number of nitrogens with zero attached hydrogens (tertiary/aromatic N) is 2. The molecule has 0 unspecified atom stereocenters. The van der Waals surface area contributed by atoms with E-state index in [0.29, 0.717) is 12.3 Å². The van der Waals surface area contributed by atoms with Crippen LogP contribution in [-0.4, -0.2) is 34.0 Å². The second kappa shape index (κ2) is 8.29. The number of ether oxygens (including phenoxy) is 1. The molecule has 0 aliphatic rings. The van der Waals surface area contributed by atoms with Gasteiger partial charge in [-0.25, -0.2) is 0 Å². The molecule has 23 heavy (non-hydrogen) atoms. The molecule has 1 aromatic heterocycles. The Bertz CT molecular complexity index is 644. The van der Waals surface area contributed by atoms with E-state index in [1.54, 1.807) is 12.4 Å². The SMILES string of the molecule is CCCN(CC(=O)O)Cc1ccc(Oc2cccnc2)c(C)c1. The van der Waals surface area contributed by atoms with Crippen molar-refractivity contribution in [3.8, 4) is 11.5 Å². The zero-order valence-electron chi connectivity index (χ0n) is 13.5. The minimum Gasteiger partial charge on any atom is -0.480 e. The Labute approximate surface area is 136 Å². The summed E-state index contributed by atoms with van der Waals surface area (Å²) >= 11 is 0. The number of rotatable bonds is 8. The van der Waals surface area contributed by atoms with Crippen molar-refractivity contribution in [2.24, 2.45) is 0 Å². The lowest BCUT2D eigenvalue weighted by Crippen LogP contribution is -2.30. The maximum Gasteiger partial charge on any atom is 0.317 e. The molecule has 1 aromatic carbocycles. The second-order valence-electron chi connectivity index (χ2n) is 5.50. The van der Waals surface area contributed by atoms with Crippen LogP contribution in [0.2, 0.25) is 0 Å². The minimum absolute atomic E-state index is 0.0564. The van der Waals surface area contributed by atoms with Crippen molar-refractivity contribution in [3.63, 3.8) is 0 Å². The molecule has 1 heterocycles. The van der Waals surface area contributed by atoms with Crippen LogP contribution in [0.4, 0.5) is 0 Å². The Morgan fingerprint density at radius 2 is 2.17 bits per heavy atom. The highest BCUT2D eigenvalue weighted by Crippen LogP contribution is 2.25. The van der Waals surface area contributed by atoms with Crippen LogP contribution in [0.25, 0.3) is 0 Å². The molecule has 0 saturated carbocycles. The summed E-state index contributed by atoms with van der Waals surface area (Å²) in [5.74, 6) is 0.676. The van der Waals surface area contributed by atoms with Gasteiger partial charge in [-0.2, -0.15) is 0 Å². The van der Waals surface area contributed by atoms with E-state index in [1.807, 2.05) is 49.1 Å². The van der Waals surface area contributed by atoms with Gasteiger partial charge in [0.1, 0.15) is 11.5 Å². The van der Waals surface area contributed by atoms with Gasteiger partial charge in [-0.1, -0.05) is 19.1 Å². The molecule has 0 saturated heterocycles. The van der Waals surface area contributed by atoms with Crippen LogP contribution in [0.15, 0.2) is 42.7 Å². The molecule has 0 amide bonds. The number of carboxylic acids is 1. The van der Waals surface area contributed by atoms with Gasteiger partial charge in [0.05, 0.1) is 12.7 Å². The molecule has 2 aromatic rings. The molecule has 0 spiro atoms. The number of benzene rings is 1. The van der Waals surface area contributed by atoms with E-state index in [1.165, 1.54) is 0 Å². The maximum atomic E-state index is 10.9. The normalized spacial score (nSPS) is 10.7. The van der Waals surface area contributed by atoms with Gasteiger partial charge in [-0.3, -0.25) is 14.7 Å².